The molecule has 0 aliphatic heterocycles. The van der Waals surface area contributed by atoms with Gasteiger partial charge in [-0.25, -0.2) is 4.98 Å². The molecular formula is C19H28N4OS. The summed E-state index contributed by atoms with van der Waals surface area (Å²) in [4.78, 5) is 9.91. The summed E-state index contributed by atoms with van der Waals surface area (Å²) < 4.78 is 5.87. The van der Waals surface area contributed by atoms with E-state index >= 15 is 0 Å². The number of guanidine groups is 1. The maximum Gasteiger partial charge on any atom is 0.191 e. The Morgan fingerprint density at radius 2 is 2.12 bits per heavy atom. The summed E-state index contributed by atoms with van der Waals surface area (Å²) in [6, 6.07) is 6.31. The first-order chi connectivity index (χ1) is 12.1. The monoisotopic (exact) mass is 360 g/mol. The van der Waals surface area contributed by atoms with Crippen LogP contribution in [0.2, 0.25) is 0 Å². The van der Waals surface area contributed by atoms with E-state index in [4.69, 9.17) is 4.74 Å². The molecule has 6 heteroatoms. The van der Waals surface area contributed by atoms with E-state index in [1.807, 2.05) is 6.20 Å². The summed E-state index contributed by atoms with van der Waals surface area (Å²) in [6.45, 7) is 8.49. The van der Waals surface area contributed by atoms with Crippen molar-refractivity contribution in [1.29, 1.82) is 0 Å². The predicted molar refractivity (Wildman–Crippen MR) is 106 cm³/mol. The fourth-order valence-corrected chi connectivity index (χ4v) is 3.15. The van der Waals surface area contributed by atoms with Crippen LogP contribution in [0.1, 0.15) is 34.4 Å². The topological polar surface area (TPSA) is 58.5 Å². The van der Waals surface area contributed by atoms with E-state index in [0.717, 1.165) is 48.3 Å². The van der Waals surface area contributed by atoms with Crippen LogP contribution in [0.4, 0.5) is 0 Å². The molecule has 0 fully saturated rings. The Balaban J connectivity index is 1.85. The van der Waals surface area contributed by atoms with Crippen molar-refractivity contribution in [1.82, 2.24) is 15.6 Å². The zero-order valence-corrected chi connectivity index (χ0v) is 16.4. The second-order valence-electron chi connectivity index (χ2n) is 5.93. The van der Waals surface area contributed by atoms with Gasteiger partial charge in [0.05, 0.1) is 11.6 Å². The molecule has 1 aromatic heterocycles. The molecule has 1 heterocycles. The summed E-state index contributed by atoms with van der Waals surface area (Å²) in [7, 11) is 1.78. The van der Waals surface area contributed by atoms with Gasteiger partial charge in [0.1, 0.15) is 5.75 Å². The molecular weight excluding hydrogens is 332 g/mol. The zero-order valence-electron chi connectivity index (χ0n) is 15.6. The zero-order chi connectivity index (χ0) is 18.1. The first-order valence-corrected chi connectivity index (χ1v) is 9.52. The molecule has 136 valence electrons. The average Bonchev–Trinajstić information content (AvgIpc) is 3.02. The molecule has 0 aliphatic carbocycles. The average molecular weight is 361 g/mol. The van der Waals surface area contributed by atoms with Crippen LogP contribution >= 0.6 is 11.3 Å². The lowest BCUT2D eigenvalue weighted by Crippen LogP contribution is -2.37. The second kappa shape index (κ2) is 10.0. The lowest BCUT2D eigenvalue weighted by molar-refractivity contribution is 0.313. The SMILES string of the molecule is CCCOc1cc(C)ccc1CNC(=NC)NCCc1ncc(C)s1. The van der Waals surface area contributed by atoms with Gasteiger partial charge in [-0.1, -0.05) is 19.1 Å². The number of thiazole rings is 1. The highest BCUT2D eigenvalue weighted by Crippen LogP contribution is 2.20. The Kier molecular flexibility index (Phi) is 7.73. The molecule has 0 spiro atoms. The Morgan fingerprint density at radius 1 is 1.28 bits per heavy atom. The molecule has 0 atom stereocenters. The first kappa shape index (κ1) is 19.2. The fourth-order valence-electron chi connectivity index (χ4n) is 2.36. The number of benzene rings is 1. The normalized spacial score (nSPS) is 11.4. The highest BCUT2D eigenvalue weighted by atomic mass is 32.1. The van der Waals surface area contributed by atoms with Crippen molar-refractivity contribution in [3.05, 3.63) is 45.4 Å². The largest absolute Gasteiger partial charge is 0.493 e. The molecule has 2 rings (SSSR count). The van der Waals surface area contributed by atoms with Crippen LogP contribution in [0.5, 0.6) is 5.75 Å². The predicted octanol–water partition coefficient (Wildman–Crippen LogP) is 3.46. The van der Waals surface area contributed by atoms with Crippen LogP contribution in [-0.4, -0.2) is 31.1 Å². The van der Waals surface area contributed by atoms with Crippen molar-refractivity contribution in [2.45, 2.75) is 40.2 Å². The lowest BCUT2D eigenvalue weighted by atomic mass is 10.1. The summed E-state index contributed by atoms with van der Waals surface area (Å²) in [6.07, 6.45) is 3.82. The van der Waals surface area contributed by atoms with Crippen molar-refractivity contribution in [3.8, 4) is 5.75 Å². The summed E-state index contributed by atoms with van der Waals surface area (Å²) in [5, 5.41) is 7.84. The van der Waals surface area contributed by atoms with E-state index in [0.29, 0.717) is 6.54 Å². The van der Waals surface area contributed by atoms with Gasteiger partial charge in [0.2, 0.25) is 0 Å². The quantitative estimate of drug-likeness (QED) is 0.559. The first-order valence-electron chi connectivity index (χ1n) is 8.70. The molecule has 25 heavy (non-hydrogen) atoms. The standard InChI is InChI=1S/C19H28N4OS/c1-5-10-24-17-11-14(2)6-7-16(17)13-23-19(20-4)21-9-8-18-22-12-15(3)25-18/h6-7,11-12H,5,8-10,13H2,1-4H3,(H2,20,21,23). The fraction of sp³-hybridized carbons (Fsp3) is 0.474. The van der Waals surface area contributed by atoms with Gasteiger partial charge in [0, 0.05) is 43.2 Å². The lowest BCUT2D eigenvalue weighted by Gasteiger charge is -2.15. The van der Waals surface area contributed by atoms with Gasteiger partial charge in [-0.05, 0) is 31.9 Å². The van der Waals surface area contributed by atoms with Crippen molar-refractivity contribution in [2.24, 2.45) is 4.99 Å². The van der Waals surface area contributed by atoms with Crippen LogP contribution in [0.25, 0.3) is 0 Å². The summed E-state index contributed by atoms with van der Waals surface area (Å²) in [5.41, 5.74) is 2.34. The van der Waals surface area contributed by atoms with Crippen molar-refractivity contribution < 1.29 is 4.74 Å². The van der Waals surface area contributed by atoms with Crippen LogP contribution < -0.4 is 15.4 Å². The van der Waals surface area contributed by atoms with Gasteiger partial charge in [0.25, 0.3) is 0 Å². The minimum Gasteiger partial charge on any atom is -0.493 e. The highest BCUT2D eigenvalue weighted by molar-refractivity contribution is 7.11. The van der Waals surface area contributed by atoms with Crippen LogP contribution in [0, 0.1) is 13.8 Å². The number of aromatic nitrogens is 1. The molecule has 0 bridgehead atoms. The third kappa shape index (κ3) is 6.38. The second-order valence-corrected chi connectivity index (χ2v) is 7.25. The van der Waals surface area contributed by atoms with Crippen molar-refractivity contribution in [2.75, 3.05) is 20.2 Å². The van der Waals surface area contributed by atoms with E-state index in [9.17, 15) is 0 Å². The van der Waals surface area contributed by atoms with Crippen LogP contribution in [0.15, 0.2) is 29.4 Å². The summed E-state index contributed by atoms with van der Waals surface area (Å²) >= 11 is 1.74. The van der Waals surface area contributed by atoms with Gasteiger partial charge >= 0.3 is 0 Å². The molecule has 0 saturated carbocycles. The van der Waals surface area contributed by atoms with Gasteiger partial charge in [-0.2, -0.15) is 0 Å². The Morgan fingerprint density at radius 3 is 2.80 bits per heavy atom. The van der Waals surface area contributed by atoms with E-state index in [1.54, 1.807) is 18.4 Å². The Bertz CT molecular complexity index is 696. The van der Waals surface area contributed by atoms with E-state index in [1.165, 1.54) is 10.4 Å². The smallest absolute Gasteiger partial charge is 0.191 e. The molecule has 2 N–H and O–H groups in total. The molecule has 2 aromatic rings. The molecule has 0 amide bonds. The van der Waals surface area contributed by atoms with Gasteiger partial charge < -0.3 is 15.4 Å². The Labute approximate surface area is 154 Å². The number of hydrogen-bond acceptors (Lipinski definition) is 4. The molecule has 5 nitrogen and oxygen atoms in total. The van der Waals surface area contributed by atoms with Crippen molar-refractivity contribution in [3.63, 3.8) is 0 Å². The van der Waals surface area contributed by atoms with Gasteiger partial charge in [-0.3, -0.25) is 4.99 Å². The van der Waals surface area contributed by atoms with Gasteiger partial charge in [0.15, 0.2) is 5.96 Å². The number of aliphatic imine (C=N–C) groups is 1. The number of nitrogens with zero attached hydrogens (tertiary/aromatic N) is 2. The third-order valence-corrected chi connectivity index (χ3v) is 4.63. The highest BCUT2D eigenvalue weighted by Gasteiger charge is 2.06. The number of nitrogens with one attached hydrogen (secondary N) is 2. The maximum absolute atomic E-state index is 5.87. The number of ether oxygens (including phenoxy) is 1. The molecule has 1 aromatic carbocycles. The van der Waals surface area contributed by atoms with Crippen LogP contribution in [-0.2, 0) is 13.0 Å². The minimum atomic E-state index is 0.676. The van der Waals surface area contributed by atoms with Gasteiger partial charge in [-0.15, -0.1) is 11.3 Å². The number of rotatable bonds is 8. The molecule has 0 radical (unpaired) electrons. The molecule has 0 unspecified atom stereocenters. The number of aryl methyl sites for hydroxylation is 2. The van der Waals surface area contributed by atoms with E-state index in [2.05, 4.69) is 59.6 Å². The maximum atomic E-state index is 5.87. The van der Waals surface area contributed by atoms with Crippen molar-refractivity contribution >= 4 is 17.3 Å². The summed E-state index contributed by atoms with van der Waals surface area (Å²) in [5.74, 6) is 1.73. The van der Waals surface area contributed by atoms with E-state index < -0.39 is 0 Å². The van der Waals surface area contributed by atoms with E-state index in [-0.39, 0.29) is 0 Å². The molecule has 0 aliphatic rings. The van der Waals surface area contributed by atoms with Crippen LogP contribution in [0.3, 0.4) is 0 Å². The third-order valence-electron chi connectivity index (χ3n) is 3.65. The number of hydrogen-bond donors (Lipinski definition) is 2. The minimum absolute atomic E-state index is 0.676. The molecule has 0 saturated heterocycles. The Hall–Kier alpha value is -2.08.